The van der Waals surface area contributed by atoms with E-state index < -0.39 is 5.97 Å². The molecule has 2 heterocycles. The van der Waals surface area contributed by atoms with Crippen LogP contribution in [-0.4, -0.2) is 50.4 Å². The van der Waals surface area contributed by atoms with Crippen molar-refractivity contribution < 1.29 is 14.7 Å². The number of nitrogens with one attached hydrogen (secondary N) is 1. The number of nitrogens with zero attached hydrogens (tertiary/aromatic N) is 3. The van der Waals surface area contributed by atoms with E-state index >= 15 is 0 Å². The van der Waals surface area contributed by atoms with E-state index in [4.69, 9.17) is 5.11 Å². The van der Waals surface area contributed by atoms with Gasteiger partial charge in [-0.1, -0.05) is 0 Å². The zero-order chi connectivity index (χ0) is 18.4. The van der Waals surface area contributed by atoms with Crippen LogP contribution < -0.4 is 5.56 Å². The lowest BCUT2D eigenvalue weighted by Gasteiger charge is -2.17. The lowest BCUT2D eigenvalue weighted by molar-refractivity contribution is -0.138. The Labute approximate surface area is 144 Å². The number of aromatic nitrogens is 3. The first-order chi connectivity index (χ1) is 11.9. The lowest BCUT2D eigenvalue weighted by atomic mass is 10.1. The molecule has 0 unspecified atom stereocenters. The zero-order valence-electron chi connectivity index (χ0n) is 14.2. The van der Waals surface area contributed by atoms with Crippen molar-refractivity contribution in [1.29, 1.82) is 0 Å². The number of hydrogen-bond acceptors (Lipinski definition) is 5. The van der Waals surface area contributed by atoms with Crippen LogP contribution in [-0.2, 0) is 16.0 Å². The molecule has 0 atom stereocenters. The number of likely N-dealkylation sites (N-methyl/N-ethyl adjacent to an activating group) is 1. The number of carbonyl (C=O) groups excluding carboxylic acids is 1. The highest BCUT2D eigenvalue weighted by Gasteiger charge is 2.16. The third-order valence-corrected chi connectivity index (χ3v) is 3.80. The molecule has 0 radical (unpaired) electrons. The average molecular weight is 344 g/mol. The summed E-state index contributed by atoms with van der Waals surface area (Å²) in [7, 11) is 1.59. The van der Waals surface area contributed by atoms with E-state index in [1.54, 1.807) is 38.5 Å². The van der Waals surface area contributed by atoms with Gasteiger partial charge in [0.2, 0.25) is 5.91 Å². The summed E-state index contributed by atoms with van der Waals surface area (Å²) in [5.74, 6) is -0.750. The molecule has 0 fully saturated rings. The summed E-state index contributed by atoms with van der Waals surface area (Å²) in [5.41, 5.74) is 1.11. The van der Waals surface area contributed by atoms with Gasteiger partial charge in [0, 0.05) is 49.2 Å². The number of carboxylic acids is 1. The molecule has 2 aromatic rings. The largest absolute Gasteiger partial charge is 0.481 e. The Balaban J connectivity index is 2.11. The fourth-order valence-corrected chi connectivity index (χ4v) is 2.34. The minimum absolute atomic E-state index is 0.00139. The first kappa shape index (κ1) is 18.3. The van der Waals surface area contributed by atoms with Crippen molar-refractivity contribution in [2.75, 3.05) is 13.6 Å². The maximum atomic E-state index is 12.3. The first-order valence-corrected chi connectivity index (χ1v) is 7.84. The molecule has 0 aromatic carbocycles. The summed E-state index contributed by atoms with van der Waals surface area (Å²) in [6.45, 7) is 2.01. The van der Waals surface area contributed by atoms with Crippen molar-refractivity contribution in [3.63, 3.8) is 0 Å². The minimum Gasteiger partial charge on any atom is -0.481 e. The van der Waals surface area contributed by atoms with Crippen LogP contribution in [0.25, 0.3) is 11.4 Å². The number of aryl methyl sites for hydroxylation is 1. The summed E-state index contributed by atoms with van der Waals surface area (Å²) >= 11 is 0. The zero-order valence-corrected chi connectivity index (χ0v) is 14.2. The SMILES string of the molecule is Cc1nc(-c2cccnc2)[nH]c(=O)c1CC(=O)N(C)CCCC(=O)O. The van der Waals surface area contributed by atoms with Gasteiger partial charge in [0.15, 0.2) is 0 Å². The Bertz CT molecular complexity index is 817. The number of pyridine rings is 1. The number of carboxylic acid groups (broad SMARTS) is 1. The standard InChI is InChI=1S/C17H20N4O4/c1-11-13(9-14(22)21(2)8-4-6-15(23)24)17(25)20-16(19-11)12-5-3-7-18-10-12/h3,5,7,10H,4,6,8-9H2,1-2H3,(H,23,24)(H,19,20,25). The molecule has 2 N–H and O–H groups in total. The van der Waals surface area contributed by atoms with E-state index in [0.717, 1.165) is 0 Å². The first-order valence-electron chi connectivity index (χ1n) is 7.84. The third kappa shape index (κ3) is 4.97. The average Bonchev–Trinajstić information content (AvgIpc) is 2.58. The Hall–Kier alpha value is -3.03. The number of rotatable bonds is 7. The highest BCUT2D eigenvalue weighted by molar-refractivity contribution is 5.78. The van der Waals surface area contributed by atoms with Crippen LogP contribution in [0.5, 0.6) is 0 Å². The monoisotopic (exact) mass is 344 g/mol. The summed E-state index contributed by atoms with van der Waals surface area (Å²) in [6.07, 6.45) is 3.51. The molecule has 25 heavy (non-hydrogen) atoms. The van der Waals surface area contributed by atoms with E-state index in [1.807, 2.05) is 0 Å². The molecule has 0 spiro atoms. The highest BCUT2D eigenvalue weighted by Crippen LogP contribution is 2.13. The van der Waals surface area contributed by atoms with Gasteiger partial charge < -0.3 is 15.0 Å². The summed E-state index contributed by atoms with van der Waals surface area (Å²) in [5, 5.41) is 8.63. The van der Waals surface area contributed by atoms with Crippen LogP contribution in [0.1, 0.15) is 24.1 Å². The number of amides is 1. The highest BCUT2D eigenvalue weighted by atomic mass is 16.4. The third-order valence-electron chi connectivity index (χ3n) is 3.80. The molecule has 8 nitrogen and oxygen atoms in total. The smallest absolute Gasteiger partial charge is 0.303 e. The molecule has 8 heteroatoms. The van der Waals surface area contributed by atoms with Crippen molar-refractivity contribution in [3.05, 3.63) is 46.1 Å². The number of aliphatic carboxylic acids is 1. The second kappa shape index (κ2) is 8.18. The van der Waals surface area contributed by atoms with E-state index in [-0.39, 0.29) is 24.3 Å². The van der Waals surface area contributed by atoms with Crippen LogP contribution in [0.15, 0.2) is 29.3 Å². The molecular weight excluding hydrogens is 324 g/mol. The van der Waals surface area contributed by atoms with E-state index in [1.165, 1.54) is 4.90 Å². The van der Waals surface area contributed by atoms with Crippen molar-refractivity contribution in [2.45, 2.75) is 26.2 Å². The molecule has 0 aliphatic rings. The second-order valence-corrected chi connectivity index (χ2v) is 5.71. The van der Waals surface area contributed by atoms with E-state index in [0.29, 0.717) is 35.6 Å². The molecule has 1 amide bonds. The van der Waals surface area contributed by atoms with Gasteiger partial charge in [-0.2, -0.15) is 0 Å². The Morgan fingerprint density at radius 2 is 2.12 bits per heavy atom. The maximum absolute atomic E-state index is 12.3. The lowest BCUT2D eigenvalue weighted by Crippen LogP contribution is -2.32. The van der Waals surface area contributed by atoms with Crippen molar-refractivity contribution in [3.8, 4) is 11.4 Å². The van der Waals surface area contributed by atoms with Gasteiger partial charge in [-0.25, -0.2) is 4.98 Å². The van der Waals surface area contributed by atoms with Gasteiger partial charge in [-0.3, -0.25) is 19.4 Å². The predicted molar refractivity (Wildman–Crippen MR) is 91.0 cm³/mol. The molecule has 0 aliphatic heterocycles. The Kier molecular flexibility index (Phi) is 5.99. The number of carbonyl (C=O) groups is 2. The predicted octanol–water partition coefficient (Wildman–Crippen LogP) is 1.01. The van der Waals surface area contributed by atoms with E-state index in [2.05, 4.69) is 15.0 Å². The van der Waals surface area contributed by atoms with Crippen LogP contribution in [0.3, 0.4) is 0 Å². The van der Waals surface area contributed by atoms with Crippen LogP contribution in [0, 0.1) is 6.92 Å². The van der Waals surface area contributed by atoms with Gasteiger partial charge in [0.25, 0.3) is 5.56 Å². The van der Waals surface area contributed by atoms with Gasteiger partial charge in [-0.05, 0) is 25.5 Å². The fourth-order valence-electron chi connectivity index (χ4n) is 2.34. The van der Waals surface area contributed by atoms with Crippen molar-refractivity contribution in [1.82, 2.24) is 19.9 Å². The molecule has 0 bridgehead atoms. The van der Waals surface area contributed by atoms with Crippen molar-refractivity contribution >= 4 is 11.9 Å². The van der Waals surface area contributed by atoms with Gasteiger partial charge in [-0.15, -0.1) is 0 Å². The molecule has 0 aliphatic carbocycles. The van der Waals surface area contributed by atoms with Crippen LogP contribution >= 0.6 is 0 Å². The maximum Gasteiger partial charge on any atom is 0.303 e. The molecule has 2 rings (SSSR count). The minimum atomic E-state index is -0.900. The molecular formula is C17H20N4O4. The molecule has 0 saturated heterocycles. The number of hydrogen-bond donors (Lipinski definition) is 2. The van der Waals surface area contributed by atoms with Gasteiger partial charge >= 0.3 is 5.97 Å². The number of aromatic amines is 1. The van der Waals surface area contributed by atoms with Crippen molar-refractivity contribution in [2.24, 2.45) is 0 Å². The fraction of sp³-hybridized carbons (Fsp3) is 0.353. The Morgan fingerprint density at radius 3 is 2.72 bits per heavy atom. The van der Waals surface area contributed by atoms with Crippen LogP contribution in [0.2, 0.25) is 0 Å². The van der Waals surface area contributed by atoms with Gasteiger partial charge in [0.1, 0.15) is 5.82 Å². The second-order valence-electron chi connectivity index (χ2n) is 5.71. The van der Waals surface area contributed by atoms with Crippen LogP contribution in [0.4, 0.5) is 0 Å². The molecule has 0 saturated carbocycles. The molecule has 132 valence electrons. The quantitative estimate of drug-likeness (QED) is 0.774. The van der Waals surface area contributed by atoms with E-state index in [9.17, 15) is 14.4 Å². The summed E-state index contributed by atoms with van der Waals surface area (Å²) < 4.78 is 0. The summed E-state index contributed by atoms with van der Waals surface area (Å²) in [6, 6.07) is 3.53. The topological polar surface area (TPSA) is 116 Å². The normalized spacial score (nSPS) is 10.5. The van der Waals surface area contributed by atoms with Gasteiger partial charge in [0.05, 0.1) is 6.42 Å². The molecule has 2 aromatic heterocycles. The summed E-state index contributed by atoms with van der Waals surface area (Å²) in [4.78, 5) is 47.5. The number of H-pyrrole nitrogens is 1. The Morgan fingerprint density at radius 1 is 1.36 bits per heavy atom.